The first-order valence-electron chi connectivity index (χ1n) is 9.21. The molecule has 0 aromatic rings. The average Bonchev–Trinajstić information content (AvgIpc) is 2.57. The number of hydrogen-bond acceptors (Lipinski definition) is 3. The van der Waals surface area contributed by atoms with Crippen molar-refractivity contribution in [1.82, 2.24) is 0 Å². The van der Waals surface area contributed by atoms with Crippen LogP contribution < -0.4 is 0 Å². The van der Waals surface area contributed by atoms with Gasteiger partial charge < -0.3 is 5.11 Å². The molecule has 0 fully saturated rings. The van der Waals surface area contributed by atoms with E-state index in [4.69, 9.17) is 10.4 Å². The van der Waals surface area contributed by atoms with Crippen LogP contribution in [0.3, 0.4) is 0 Å². The lowest BCUT2D eigenvalue weighted by molar-refractivity contribution is -0.267. The van der Waals surface area contributed by atoms with Crippen LogP contribution >= 0.6 is 0 Å². The number of carboxylic acids is 1. The van der Waals surface area contributed by atoms with Gasteiger partial charge in [-0.1, -0.05) is 56.2 Å². The summed E-state index contributed by atoms with van der Waals surface area (Å²) in [6, 6.07) is 0. The van der Waals surface area contributed by atoms with Gasteiger partial charge in [0, 0.05) is 6.42 Å². The Morgan fingerprint density at radius 1 is 0.958 bits per heavy atom. The van der Waals surface area contributed by atoms with Gasteiger partial charge in [-0.15, -0.1) is 0 Å². The second kappa shape index (κ2) is 18.0. The zero-order valence-electron chi connectivity index (χ0n) is 15.0. The van der Waals surface area contributed by atoms with Crippen LogP contribution in [0.5, 0.6) is 0 Å². The molecule has 4 nitrogen and oxygen atoms in total. The Balaban J connectivity index is 3.59. The Morgan fingerprint density at radius 3 is 2.17 bits per heavy atom. The van der Waals surface area contributed by atoms with Gasteiger partial charge in [0.25, 0.3) is 0 Å². The molecule has 2 N–H and O–H groups in total. The predicted octanol–water partition coefficient (Wildman–Crippen LogP) is 5.91. The highest BCUT2D eigenvalue weighted by Crippen LogP contribution is 2.07. The molecule has 0 saturated carbocycles. The van der Waals surface area contributed by atoms with E-state index in [1.165, 1.54) is 38.5 Å². The Morgan fingerprint density at radius 2 is 1.58 bits per heavy atom. The van der Waals surface area contributed by atoms with E-state index in [-0.39, 0.29) is 6.42 Å². The number of carbonyl (C=O) groups is 1. The average molecular weight is 338 g/mol. The SMILES string of the molecule is CCCCC/C=C/CCCC/C=C/C=C/C(CCCC(=O)O)OO. The van der Waals surface area contributed by atoms with Crippen LogP contribution in [0.15, 0.2) is 36.5 Å². The number of hydrogen-bond donors (Lipinski definition) is 2. The monoisotopic (exact) mass is 338 g/mol. The van der Waals surface area contributed by atoms with Gasteiger partial charge in [-0.3, -0.25) is 10.1 Å². The number of unbranched alkanes of at least 4 members (excludes halogenated alkanes) is 6. The second-order valence-electron chi connectivity index (χ2n) is 5.99. The summed E-state index contributed by atoms with van der Waals surface area (Å²) in [5, 5.41) is 17.3. The third kappa shape index (κ3) is 17.0. The molecule has 24 heavy (non-hydrogen) atoms. The lowest BCUT2D eigenvalue weighted by Gasteiger charge is -2.06. The molecule has 0 amide bonds. The van der Waals surface area contributed by atoms with Crippen LogP contribution in [-0.4, -0.2) is 22.4 Å². The molecule has 0 saturated heterocycles. The summed E-state index contributed by atoms with van der Waals surface area (Å²) in [5.41, 5.74) is 0. The van der Waals surface area contributed by atoms with E-state index in [0.717, 1.165) is 12.8 Å². The van der Waals surface area contributed by atoms with Gasteiger partial charge in [0.05, 0.1) is 0 Å². The maximum absolute atomic E-state index is 10.4. The quantitative estimate of drug-likeness (QED) is 0.121. The second-order valence-corrected chi connectivity index (χ2v) is 5.99. The van der Waals surface area contributed by atoms with Gasteiger partial charge in [-0.05, 0) is 51.4 Å². The summed E-state index contributed by atoms with van der Waals surface area (Å²) in [4.78, 5) is 14.7. The summed E-state index contributed by atoms with van der Waals surface area (Å²) >= 11 is 0. The van der Waals surface area contributed by atoms with Crippen LogP contribution in [0, 0.1) is 0 Å². The third-order valence-corrected chi connectivity index (χ3v) is 3.72. The summed E-state index contributed by atoms with van der Waals surface area (Å²) in [7, 11) is 0. The molecule has 0 aromatic carbocycles. The summed E-state index contributed by atoms with van der Waals surface area (Å²) in [6.07, 6.45) is 22.6. The first kappa shape index (κ1) is 22.6. The summed E-state index contributed by atoms with van der Waals surface area (Å²) in [6.45, 7) is 2.23. The van der Waals surface area contributed by atoms with Crippen LogP contribution in [0.4, 0.5) is 0 Å². The molecule has 0 bridgehead atoms. The van der Waals surface area contributed by atoms with E-state index < -0.39 is 12.1 Å². The van der Waals surface area contributed by atoms with E-state index in [2.05, 4.69) is 30.0 Å². The molecule has 0 aliphatic rings. The van der Waals surface area contributed by atoms with Crippen molar-refractivity contribution in [2.75, 3.05) is 0 Å². The largest absolute Gasteiger partial charge is 0.481 e. The van der Waals surface area contributed by atoms with Crippen LogP contribution in [0.1, 0.15) is 77.6 Å². The zero-order valence-corrected chi connectivity index (χ0v) is 15.0. The normalized spacial score (nSPS) is 13.4. The molecular formula is C20H34O4. The van der Waals surface area contributed by atoms with E-state index in [9.17, 15) is 4.79 Å². The summed E-state index contributed by atoms with van der Waals surface area (Å²) in [5.74, 6) is -0.827. The van der Waals surface area contributed by atoms with Gasteiger partial charge >= 0.3 is 5.97 Å². The first-order chi connectivity index (χ1) is 11.7. The molecule has 1 atom stereocenters. The van der Waals surface area contributed by atoms with Crippen molar-refractivity contribution in [2.24, 2.45) is 0 Å². The van der Waals surface area contributed by atoms with E-state index in [1.54, 1.807) is 6.08 Å². The standard InChI is InChI=1S/C20H34O4/c1-2-3-4-5-6-7-8-9-10-11-12-13-14-16-19(24-23)17-15-18-20(21)22/h6-7,12-14,16,19,23H,2-5,8-11,15,17-18H2,1H3,(H,21,22)/b7-6+,13-12+,16-14+. The fourth-order valence-corrected chi connectivity index (χ4v) is 2.27. The van der Waals surface area contributed by atoms with Gasteiger partial charge in [0.15, 0.2) is 0 Å². The Kier molecular flexibility index (Phi) is 16.9. The molecular weight excluding hydrogens is 304 g/mol. The van der Waals surface area contributed by atoms with Crippen LogP contribution in [0.2, 0.25) is 0 Å². The number of allylic oxidation sites excluding steroid dienone is 5. The Hall–Kier alpha value is -1.39. The van der Waals surface area contributed by atoms with Crippen molar-refractivity contribution < 1.29 is 20.0 Å². The minimum absolute atomic E-state index is 0.0938. The molecule has 0 aliphatic heterocycles. The highest BCUT2D eigenvalue weighted by atomic mass is 17.1. The fraction of sp³-hybridized carbons (Fsp3) is 0.650. The maximum Gasteiger partial charge on any atom is 0.303 e. The van der Waals surface area contributed by atoms with Crippen molar-refractivity contribution in [3.05, 3.63) is 36.5 Å². The molecule has 0 rings (SSSR count). The van der Waals surface area contributed by atoms with Crippen molar-refractivity contribution in [3.63, 3.8) is 0 Å². The van der Waals surface area contributed by atoms with Crippen LogP contribution in [0.25, 0.3) is 0 Å². The van der Waals surface area contributed by atoms with Crippen molar-refractivity contribution in [3.8, 4) is 0 Å². The lowest BCUT2D eigenvalue weighted by atomic mass is 10.1. The van der Waals surface area contributed by atoms with Crippen molar-refractivity contribution >= 4 is 5.97 Å². The molecule has 4 heteroatoms. The third-order valence-electron chi connectivity index (χ3n) is 3.72. The van der Waals surface area contributed by atoms with E-state index in [1.807, 2.05) is 12.2 Å². The number of aliphatic carboxylic acids is 1. The molecule has 0 heterocycles. The maximum atomic E-state index is 10.4. The van der Waals surface area contributed by atoms with Crippen molar-refractivity contribution in [2.45, 2.75) is 83.7 Å². The molecule has 0 radical (unpaired) electrons. The lowest BCUT2D eigenvalue weighted by Crippen LogP contribution is -2.08. The molecule has 0 aliphatic carbocycles. The fourth-order valence-electron chi connectivity index (χ4n) is 2.27. The first-order valence-corrected chi connectivity index (χ1v) is 9.21. The predicted molar refractivity (Wildman–Crippen MR) is 99.0 cm³/mol. The van der Waals surface area contributed by atoms with Gasteiger partial charge in [0.2, 0.25) is 0 Å². The molecule has 0 aromatic heterocycles. The van der Waals surface area contributed by atoms with E-state index in [0.29, 0.717) is 12.8 Å². The van der Waals surface area contributed by atoms with Gasteiger partial charge in [-0.25, -0.2) is 4.89 Å². The number of rotatable bonds is 16. The zero-order chi connectivity index (χ0) is 17.9. The molecule has 138 valence electrons. The smallest absolute Gasteiger partial charge is 0.303 e. The van der Waals surface area contributed by atoms with Crippen LogP contribution in [-0.2, 0) is 9.68 Å². The minimum Gasteiger partial charge on any atom is -0.481 e. The van der Waals surface area contributed by atoms with E-state index >= 15 is 0 Å². The Bertz CT molecular complexity index is 372. The topological polar surface area (TPSA) is 66.8 Å². The Labute approximate surface area is 146 Å². The highest BCUT2D eigenvalue weighted by Gasteiger charge is 2.05. The van der Waals surface area contributed by atoms with Crippen molar-refractivity contribution in [1.29, 1.82) is 0 Å². The minimum atomic E-state index is -0.827. The highest BCUT2D eigenvalue weighted by molar-refractivity contribution is 5.66. The number of carboxylic acid groups (broad SMARTS) is 1. The molecule has 0 spiro atoms. The summed E-state index contributed by atoms with van der Waals surface area (Å²) < 4.78 is 0. The van der Waals surface area contributed by atoms with Gasteiger partial charge in [0.1, 0.15) is 6.10 Å². The van der Waals surface area contributed by atoms with Gasteiger partial charge in [-0.2, -0.15) is 0 Å². The molecule has 1 unspecified atom stereocenters.